The van der Waals surface area contributed by atoms with E-state index in [0.29, 0.717) is 48.1 Å². The van der Waals surface area contributed by atoms with E-state index in [1.54, 1.807) is 31.2 Å². The Labute approximate surface area is 172 Å². The van der Waals surface area contributed by atoms with Crippen LogP contribution >= 0.6 is 0 Å². The smallest absolute Gasteiger partial charge is 0.163 e. The topological polar surface area (TPSA) is 72.2 Å². The highest BCUT2D eigenvalue weighted by Crippen LogP contribution is 2.28. The van der Waals surface area contributed by atoms with Gasteiger partial charge in [-0.2, -0.15) is 0 Å². The number of benzene rings is 2. The molecular formula is C24H29FN2O2. The van der Waals surface area contributed by atoms with Crippen LogP contribution in [0.1, 0.15) is 65.7 Å². The lowest BCUT2D eigenvalue weighted by atomic mass is 9.92. The SMILES string of the molecule is C=C(C(=O)CC)c1cc(C(=O)CCCc2cc(F)ccc2CC)c(C)cc1NN. The number of nitrogen functional groups attached to an aromatic ring is 1. The third kappa shape index (κ3) is 5.39. The summed E-state index contributed by atoms with van der Waals surface area (Å²) in [6.07, 6.45) is 2.75. The molecule has 0 unspecified atom stereocenters. The highest BCUT2D eigenvalue weighted by atomic mass is 19.1. The van der Waals surface area contributed by atoms with Crippen molar-refractivity contribution in [2.75, 3.05) is 5.43 Å². The average Bonchev–Trinajstić information content (AvgIpc) is 2.72. The van der Waals surface area contributed by atoms with Crippen LogP contribution in [0.25, 0.3) is 5.57 Å². The standard InChI is InChI=1S/C24H29FN2O2/c1-5-17-10-11-19(25)13-18(17)8-7-9-24(29)20-14-21(16(4)23(28)6-2)22(27-26)12-15(20)3/h10-14,27H,4-9,26H2,1-3H3. The van der Waals surface area contributed by atoms with E-state index in [4.69, 9.17) is 5.84 Å². The molecule has 154 valence electrons. The summed E-state index contributed by atoms with van der Waals surface area (Å²) < 4.78 is 13.6. The van der Waals surface area contributed by atoms with Gasteiger partial charge in [0.05, 0.1) is 5.69 Å². The molecular weight excluding hydrogens is 367 g/mol. The summed E-state index contributed by atoms with van der Waals surface area (Å²) in [6.45, 7) is 9.51. The molecule has 5 heteroatoms. The molecule has 0 heterocycles. The Bertz CT molecular complexity index is 935. The van der Waals surface area contributed by atoms with Crippen LogP contribution in [0.2, 0.25) is 0 Å². The fourth-order valence-corrected chi connectivity index (χ4v) is 3.49. The minimum absolute atomic E-state index is 0.0153. The lowest BCUT2D eigenvalue weighted by Gasteiger charge is -2.15. The molecule has 0 atom stereocenters. The molecule has 0 aliphatic rings. The van der Waals surface area contributed by atoms with E-state index in [9.17, 15) is 14.0 Å². The van der Waals surface area contributed by atoms with Crippen LogP contribution in [0.4, 0.5) is 10.1 Å². The molecule has 0 amide bonds. The number of aryl methyl sites for hydroxylation is 3. The zero-order chi connectivity index (χ0) is 21.6. The third-order valence-electron chi connectivity index (χ3n) is 5.20. The molecule has 2 aromatic carbocycles. The van der Waals surface area contributed by atoms with Crippen LogP contribution < -0.4 is 11.3 Å². The first-order valence-electron chi connectivity index (χ1n) is 9.96. The number of carbonyl (C=O) groups excluding carboxylic acids is 2. The van der Waals surface area contributed by atoms with Crippen molar-refractivity contribution in [3.8, 4) is 0 Å². The monoisotopic (exact) mass is 396 g/mol. The quantitative estimate of drug-likeness (QED) is 0.251. The van der Waals surface area contributed by atoms with Crippen molar-refractivity contribution in [1.29, 1.82) is 0 Å². The van der Waals surface area contributed by atoms with Crippen LogP contribution in [0.3, 0.4) is 0 Å². The van der Waals surface area contributed by atoms with E-state index in [-0.39, 0.29) is 17.4 Å². The second kappa shape index (κ2) is 10.1. The summed E-state index contributed by atoms with van der Waals surface area (Å²) in [5.74, 6) is 5.22. The van der Waals surface area contributed by atoms with E-state index in [1.165, 1.54) is 6.07 Å². The third-order valence-corrected chi connectivity index (χ3v) is 5.20. The van der Waals surface area contributed by atoms with Gasteiger partial charge in [-0.05, 0) is 67.1 Å². The Morgan fingerprint density at radius 3 is 2.45 bits per heavy atom. The molecule has 0 aromatic heterocycles. The highest BCUT2D eigenvalue weighted by Gasteiger charge is 2.17. The summed E-state index contributed by atoms with van der Waals surface area (Å²) in [4.78, 5) is 24.9. The number of anilines is 1. The number of Topliss-reactive ketones (excluding diaryl/α,β-unsaturated/α-hetero) is 2. The van der Waals surface area contributed by atoms with Crippen LogP contribution in [-0.4, -0.2) is 11.6 Å². The minimum atomic E-state index is -0.256. The van der Waals surface area contributed by atoms with Crippen LogP contribution in [0, 0.1) is 12.7 Å². The number of allylic oxidation sites excluding steroid dienone is 1. The molecule has 3 N–H and O–H groups in total. The number of rotatable bonds is 10. The Morgan fingerprint density at radius 1 is 1.10 bits per heavy atom. The number of nitrogens with two attached hydrogens (primary N) is 1. The maximum Gasteiger partial charge on any atom is 0.163 e. The molecule has 0 aliphatic carbocycles. The zero-order valence-electron chi connectivity index (χ0n) is 17.4. The number of ketones is 2. The molecule has 0 spiro atoms. The van der Waals surface area contributed by atoms with Crippen molar-refractivity contribution in [3.63, 3.8) is 0 Å². The first-order valence-corrected chi connectivity index (χ1v) is 9.96. The Balaban J connectivity index is 2.19. The van der Waals surface area contributed by atoms with Gasteiger partial charge in [0.1, 0.15) is 5.82 Å². The van der Waals surface area contributed by atoms with Gasteiger partial charge in [-0.25, -0.2) is 4.39 Å². The van der Waals surface area contributed by atoms with E-state index in [0.717, 1.165) is 23.1 Å². The summed E-state index contributed by atoms with van der Waals surface area (Å²) in [7, 11) is 0. The van der Waals surface area contributed by atoms with Gasteiger partial charge in [-0.1, -0.05) is 26.5 Å². The fraction of sp³-hybridized carbons (Fsp3) is 0.333. The maximum atomic E-state index is 13.6. The fourth-order valence-electron chi connectivity index (χ4n) is 3.49. The van der Waals surface area contributed by atoms with Gasteiger partial charge in [0.15, 0.2) is 11.6 Å². The second-order valence-electron chi connectivity index (χ2n) is 7.16. The van der Waals surface area contributed by atoms with Crippen molar-refractivity contribution < 1.29 is 14.0 Å². The Morgan fingerprint density at radius 2 is 1.83 bits per heavy atom. The average molecular weight is 397 g/mol. The lowest BCUT2D eigenvalue weighted by Crippen LogP contribution is -2.13. The van der Waals surface area contributed by atoms with E-state index < -0.39 is 0 Å². The van der Waals surface area contributed by atoms with Gasteiger partial charge in [-0.3, -0.25) is 15.4 Å². The molecule has 0 fully saturated rings. The lowest BCUT2D eigenvalue weighted by molar-refractivity contribution is -0.113. The number of nitrogens with one attached hydrogen (secondary N) is 1. The van der Waals surface area contributed by atoms with Gasteiger partial charge < -0.3 is 5.43 Å². The molecule has 0 saturated carbocycles. The summed E-state index contributed by atoms with van der Waals surface area (Å²) >= 11 is 0. The number of halogens is 1. The molecule has 0 radical (unpaired) electrons. The van der Waals surface area contributed by atoms with E-state index in [2.05, 4.69) is 12.0 Å². The van der Waals surface area contributed by atoms with Crippen molar-refractivity contribution in [2.45, 2.75) is 52.9 Å². The van der Waals surface area contributed by atoms with Crippen LogP contribution in [-0.2, 0) is 17.6 Å². The number of carbonyl (C=O) groups is 2. The zero-order valence-corrected chi connectivity index (χ0v) is 17.4. The number of hydrogen-bond acceptors (Lipinski definition) is 4. The van der Waals surface area contributed by atoms with Crippen molar-refractivity contribution >= 4 is 22.8 Å². The Kier molecular flexibility index (Phi) is 7.85. The van der Waals surface area contributed by atoms with Gasteiger partial charge in [0, 0.05) is 29.5 Å². The van der Waals surface area contributed by atoms with Crippen molar-refractivity contribution in [3.05, 3.63) is 70.5 Å². The van der Waals surface area contributed by atoms with Crippen molar-refractivity contribution in [2.24, 2.45) is 5.84 Å². The largest absolute Gasteiger partial charge is 0.324 e. The molecule has 0 aliphatic heterocycles. The van der Waals surface area contributed by atoms with Gasteiger partial charge in [-0.15, -0.1) is 0 Å². The van der Waals surface area contributed by atoms with Gasteiger partial charge in [0.25, 0.3) is 0 Å². The molecule has 29 heavy (non-hydrogen) atoms. The first kappa shape index (κ1) is 22.5. The molecule has 2 aromatic rings. The Hall–Kier alpha value is -2.79. The van der Waals surface area contributed by atoms with Gasteiger partial charge >= 0.3 is 0 Å². The summed E-state index contributed by atoms with van der Waals surface area (Å²) in [6, 6.07) is 8.28. The predicted octanol–water partition coefficient (Wildman–Crippen LogP) is 5.18. The summed E-state index contributed by atoms with van der Waals surface area (Å²) in [5, 5.41) is 0. The molecule has 0 saturated heterocycles. The minimum Gasteiger partial charge on any atom is -0.324 e. The van der Waals surface area contributed by atoms with Crippen molar-refractivity contribution in [1.82, 2.24) is 0 Å². The number of hydrazine groups is 1. The molecule has 2 rings (SSSR count). The molecule has 0 bridgehead atoms. The normalized spacial score (nSPS) is 10.7. The van der Waals surface area contributed by atoms with Crippen LogP contribution in [0.15, 0.2) is 36.9 Å². The van der Waals surface area contributed by atoms with Gasteiger partial charge in [0.2, 0.25) is 0 Å². The summed E-state index contributed by atoms with van der Waals surface area (Å²) in [5.41, 5.74) is 7.42. The van der Waals surface area contributed by atoms with Crippen LogP contribution in [0.5, 0.6) is 0 Å². The van der Waals surface area contributed by atoms with E-state index >= 15 is 0 Å². The highest BCUT2D eigenvalue weighted by molar-refractivity contribution is 6.21. The number of hydrogen-bond donors (Lipinski definition) is 2. The van der Waals surface area contributed by atoms with E-state index in [1.807, 2.05) is 13.8 Å². The predicted molar refractivity (Wildman–Crippen MR) is 116 cm³/mol. The first-order chi connectivity index (χ1) is 13.8. The second-order valence-corrected chi connectivity index (χ2v) is 7.16. The molecule has 4 nitrogen and oxygen atoms in total. The maximum absolute atomic E-state index is 13.6.